The molecule has 1 aliphatic rings. The van der Waals surface area contributed by atoms with E-state index in [2.05, 4.69) is 11.4 Å². The summed E-state index contributed by atoms with van der Waals surface area (Å²) < 4.78 is 21.6. The molecule has 1 aromatic rings. The molecular formula is C16H24N2O3S. The van der Waals surface area contributed by atoms with Crippen LogP contribution in [-0.2, 0) is 21.2 Å². The molecule has 0 atom stereocenters. The molecule has 1 aromatic carbocycles. The van der Waals surface area contributed by atoms with Crippen molar-refractivity contribution in [1.29, 1.82) is 0 Å². The Bertz CT molecular complexity index is 608. The quantitative estimate of drug-likeness (QED) is 0.748. The van der Waals surface area contributed by atoms with Crippen LogP contribution in [0.5, 0.6) is 0 Å². The lowest BCUT2D eigenvalue weighted by Gasteiger charge is -2.15. The number of sulfonamides is 1. The normalized spacial score (nSPS) is 15.9. The van der Waals surface area contributed by atoms with Crippen molar-refractivity contribution < 1.29 is 13.2 Å². The van der Waals surface area contributed by atoms with E-state index in [4.69, 9.17) is 5.14 Å². The van der Waals surface area contributed by atoms with Crippen LogP contribution in [0.25, 0.3) is 0 Å². The van der Waals surface area contributed by atoms with Gasteiger partial charge in [0, 0.05) is 6.54 Å². The van der Waals surface area contributed by atoms with Crippen LogP contribution in [0, 0.1) is 0 Å². The molecule has 1 saturated carbocycles. The minimum absolute atomic E-state index is 0.0696. The second kappa shape index (κ2) is 7.74. The van der Waals surface area contributed by atoms with Gasteiger partial charge in [-0.15, -0.1) is 0 Å². The van der Waals surface area contributed by atoms with Crippen molar-refractivity contribution in [2.45, 2.75) is 44.4 Å². The third-order valence-corrected chi connectivity index (χ3v) is 4.99. The Morgan fingerprint density at radius 2 is 1.91 bits per heavy atom. The fourth-order valence-corrected chi connectivity index (χ4v) is 3.61. The highest BCUT2D eigenvalue weighted by Crippen LogP contribution is 2.35. The lowest BCUT2D eigenvalue weighted by atomic mass is 9.91. The molecule has 1 fully saturated rings. The van der Waals surface area contributed by atoms with E-state index in [1.165, 1.54) is 31.2 Å². The average Bonchev–Trinajstić information content (AvgIpc) is 2.97. The summed E-state index contributed by atoms with van der Waals surface area (Å²) in [7, 11) is -3.45. The molecule has 0 aliphatic heterocycles. The maximum Gasteiger partial charge on any atom is 0.224 e. The lowest BCUT2D eigenvalue weighted by molar-refractivity contribution is -0.120. The van der Waals surface area contributed by atoms with Gasteiger partial charge in [-0.3, -0.25) is 4.79 Å². The molecule has 1 amide bonds. The molecular weight excluding hydrogens is 300 g/mol. The van der Waals surface area contributed by atoms with Crippen LogP contribution in [0.1, 0.15) is 49.1 Å². The average molecular weight is 324 g/mol. The van der Waals surface area contributed by atoms with Crippen LogP contribution in [0.3, 0.4) is 0 Å². The van der Waals surface area contributed by atoms with Gasteiger partial charge in [-0.25, -0.2) is 13.6 Å². The number of carbonyl (C=O) groups is 1. The van der Waals surface area contributed by atoms with Crippen LogP contribution < -0.4 is 10.5 Å². The van der Waals surface area contributed by atoms with E-state index in [-0.39, 0.29) is 11.7 Å². The van der Waals surface area contributed by atoms with Gasteiger partial charge >= 0.3 is 0 Å². The maximum absolute atomic E-state index is 12.0. The molecule has 0 unspecified atom stereocenters. The summed E-state index contributed by atoms with van der Waals surface area (Å²) in [5.74, 6) is 0.401. The van der Waals surface area contributed by atoms with Gasteiger partial charge < -0.3 is 5.32 Å². The van der Waals surface area contributed by atoms with E-state index in [1.54, 1.807) is 0 Å². The van der Waals surface area contributed by atoms with E-state index in [0.29, 0.717) is 25.3 Å². The minimum Gasteiger partial charge on any atom is -0.356 e. The van der Waals surface area contributed by atoms with E-state index in [0.717, 1.165) is 5.56 Å². The zero-order chi connectivity index (χ0) is 16.0. The Hall–Kier alpha value is -1.40. The summed E-state index contributed by atoms with van der Waals surface area (Å²) in [4.78, 5) is 12.0. The van der Waals surface area contributed by atoms with E-state index >= 15 is 0 Å². The van der Waals surface area contributed by atoms with Gasteiger partial charge in [0.1, 0.15) is 0 Å². The highest BCUT2D eigenvalue weighted by molar-refractivity contribution is 7.89. The van der Waals surface area contributed by atoms with E-state index in [9.17, 15) is 13.2 Å². The predicted octanol–water partition coefficient (Wildman–Crippen LogP) is 1.68. The molecule has 0 aromatic heterocycles. The van der Waals surface area contributed by atoms with Crippen molar-refractivity contribution in [3.63, 3.8) is 0 Å². The van der Waals surface area contributed by atoms with Crippen LogP contribution in [0.4, 0.5) is 0 Å². The Labute approximate surface area is 132 Å². The summed E-state index contributed by atoms with van der Waals surface area (Å²) in [5, 5.41) is 7.69. The van der Waals surface area contributed by atoms with E-state index in [1.807, 2.05) is 18.2 Å². The summed E-state index contributed by atoms with van der Waals surface area (Å²) in [6.07, 6.45) is 5.62. The molecule has 1 aliphatic carbocycles. The number of hydrogen-bond acceptors (Lipinski definition) is 3. The van der Waals surface area contributed by atoms with Crippen LogP contribution in [0.15, 0.2) is 24.3 Å². The van der Waals surface area contributed by atoms with Crippen molar-refractivity contribution in [2.75, 3.05) is 12.3 Å². The highest BCUT2D eigenvalue weighted by atomic mass is 32.2. The summed E-state index contributed by atoms with van der Waals surface area (Å²) in [5.41, 5.74) is 2.37. The molecule has 0 heterocycles. The monoisotopic (exact) mass is 324 g/mol. The maximum atomic E-state index is 12.0. The molecule has 0 bridgehead atoms. The molecule has 3 N–H and O–H groups in total. The van der Waals surface area contributed by atoms with Crippen LogP contribution in [0.2, 0.25) is 0 Å². The second-order valence-electron chi connectivity index (χ2n) is 5.93. The van der Waals surface area contributed by atoms with Gasteiger partial charge in [0.25, 0.3) is 0 Å². The number of carbonyl (C=O) groups excluding carboxylic acids is 1. The first kappa shape index (κ1) is 17.0. The fourth-order valence-electron chi connectivity index (χ4n) is 3.07. The molecule has 5 nitrogen and oxygen atoms in total. The number of nitrogens with two attached hydrogens (primary N) is 1. The topological polar surface area (TPSA) is 89.3 Å². The number of amides is 1. The van der Waals surface area contributed by atoms with Crippen molar-refractivity contribution in [1.82, 2.24) is 5.32 Å². The van der Waals surface area contributed by atoms with Crippen LogP contribution >= 0.6 is 0 Å². The Morgan fingerprint density at radius 3 is 2.59 bits per heavy atom. The first-order valence-electron chi connectivity index (χ1n) is 7.81. The second-order valence-corrected chi connectivity index (χ2v) is 7.66. The third-order valence-electron chi connectivity index (χ3n) is 4.13. The van der Waals surface area contributed by atoms with E-state index < -0.39 is 10.0 Å². The van der Waals surface area contributed by atoms with Gasteiger partial charge in [0.05, 0.1) is 12.2 Å². The molecule has 22 heavy (non-hydrogen) atoms. The molecule has 0 saturated heterocycles. The number of primary sulfonamides is 1. The van der Waals surface area contributed by atoms with Crippen molar-refractivity contribution in [3.05, 3.63) is 35.4 Å². The van der Waals surface area contributed by atoms with Crippen LogP contribution in [-0.4, -0.2) is 26.6 Å². The SMILES string of the molecule is NS(=O)(=O)CCCNC(=O)Cc1ccccc1C1CCCC1. The van der Waals surface area contributed by atoms with Gasteiger partial charge in [-0.05, 0) is 36.3 Å². The van der Waals surface area contributed by atoms with Crippen molar-refractivity contribution in [2.24, 2.45) is 5.14 Å². The molecule has 0 radical (unpaired) electrons. The van der Waals surface area contributed by atoms with Gasteiger partial charge in [-0.1, -0.05) is 37.1 Å². The van der Waals surface area contributed by atoms with Crippen molar-refractivity contribution >= 4 is 15.9 Å². The first-order valence-corrected chi connectivity index (χ1v) is 9.52. The third kappa shape index (κ3) is 5.42. The molecule has 6 heteroatoms. The summed E-state index contributed by atoms with van der Waals surface area (Å²) in [6, 6.07) is 8.13. The lowest BCUT2D eigenvalue weighted by Crippen LogP contribution is -2.28. The molecule has 2 rings (SSSR count). The Balaban J connectivity index is 1.86. The molecule has 0 spiro atoms. The van der Waals surface area contributed by atoms with Gasteiger partial charge in [0.15, 0.2) is 0 Å². The standard InChI is InChI=1S/C16H24N2O3S/c17-22(20,21)11-5-10-18-16(19)12-14-8-3-4-9-15(14)13-6-1-2-7-13/h3-4,8-9,13H,1-2,5-7,10-12H2,(H,18,19)(H2,17,20,21). The zero-order valence-corrected chi connectivity index (χ0v) is 13.6. The smallest absolute Gasteiger partial charge is 0.224 e. The fraction of sp³-hybridized carbons (Fsp3) is 0.562. The summed E-state index contributed by atoms with van der Waals surface area (Å²) >= 11 is 0. The minimum atomic E-state index is -3.45. The number of benzene rings is 1. The van der Waals surface area contributed by atoms with Crippen molar-refractivity contribution in [3.8, 4) is 0 Å². The van der Waals surface area contributed by atoms with Gasteiger partial charge in [-0.2, -0.15) is 0 Å². The number of hydrogen-bond donors (Lipinski definition) is 2. The predicted molar refractivity (Wildman–Crippen MR) is 87.0 cm³/mol. The Morgan fingerprint density at radius 1 is 1.23 bits per heavy atom. The highest BCUT2D eigenvalue weighted by Gasteiger charge is 2.20. The Kier molecular flexibility index (Phi) is 5.97. The zero-order valence-electron chi connectivity index (χ0n) is 12.8. The number of nitrogens with one attached hydrogen (secondary N) is 1. The first-order chi connectivity index (χ1) is 10.5. The largest absolute Gasteiger partial charge is 0.356 e. The molecule has 122 valence electrons. The summed E-state index contributed by atoms with van der Waals surface area (Å²) in [6.45, 7) is 0.334. The number of rotatable bonds is 7. The van der Waals surface area contributed by atoms with Gasteiger partial charge in [0.2, 0.25) is 15.9 Å².